The van der Waals surface area contributed by atoms with Crippen molar-refractivity contribution in [2.75, 3.05) is 6.26 Å². The van der Waals surface area contributed by atoms with Crippen LogP contribution in [0.25, 0.3) is 0 Å². The van der Waals surface area contributed by atoms with Gasteiger partial charge in [-0.05, 0) is 16.7 Å². The van der Waals surface area contributed by atoms with E-state index < -0.39 is 0 Å². The van der Waals surface area contributed by atoms with Gasteiger partial charge in [0, 0.05) is 5.25 Å². The summed E-state index contributed by atoms with van der Waals surface area (Å²) in [4.78, 5) is 0. The Kier molecular flexibility index (Phi) is 3.48. The molecular weight excluding hydrogens is 174 g/mol. The lowest BCUT2D eigenvalue weighted by Gasteiger charge is -2.07. The fourth-order valence-electron chi connectivity index (χ4n) is 0.829. The molecule has 6 heteroatoms. The maximum atomic E-state index is 5.44. The van der Waals surface area contributed by atoms with Crippen LogP contribution >= 0.6 is 11.8 Å². The first-order valence-electron chi connectivity index (χ1n) is 3.75. The topological polar surface area (TPSA) is 69.6 Å². The van der Waals surface area contributed by atoms with Gasteiger partial charge in [0.15, 0.2) is 5.82 Å². The van der Waals surface area contributed by atoms with Crippen LogP contribution in [0.3, 0.4) is 0 Å². The standard InChI is InChI=1S/C6H13N5S/c1-5(12-2)4-11-6(3-7)8-9-10-11/h5H,3-4,7H2,1-2H3. The number of nitrogens with zero attached hydrogens (tertiary/aromatic N) is 4. The molecule has 0 aliphatic carbocycles. The lowest BCUT2D eigenvalue weighted by atomic mass is 10.4. The summed E-state index contributed by atoms with van der Waals surface area (Å²) in [5.41, 5.74) is 5.44. The quantitative estimate of drug-likeness (QED) is 0.712. The molecule has 1 heterocycles. The van der Waals surface area contributed by atoms with Crippen molar-refractivity contribution >= 4 is 11.8 Å². The third kappa shape index (κ3) is 2.18. The zero-order valence-electron chi connectivity index (χ0n) is 7.27. The second-order valence-corrected chi connectivity index (χ2v) is 3.80. The molecule has 1 atom stereocenters. The summed E-state index contributed by atoms with van der Waals surface area (Å²) >= 11 is 1.78. The minimum atomic E-state index is 0.397. The Morgan fingerprint density at radius 3 is 3.00 bits per heavy atom. The van der Waals surface area contributed by atoms with Crippen molar-refractivity contribution in [1.82, 2.24) is 20.2 Å². The van der Waals surface area contributed by atoms with Crippen LogP contribution in [0.15, 0.2) is 0 Å². The van der Waals surface area contributed by atoms with Crippen molar-refractivity contribution in [2.24, 2.45) is 5.73 Å². The van der Waals surface area contributed by atoms with E-state index in [4.69, 9.17) is 5.73 Å². The first kappa shape index (κ1) is 9.47. The average molecular weight is 187 g/mol. The van der Waals surface area contributed by atoms with E-state index >= 15 is 0 Å². The van der Waals surface area contributed by atoms with E-state index in [1.165, 1.54) is 0 Å². The maximum absolute atomic E-state index is 5.44. The van der Waals surface area contributed by atoms with Crippen molar-refractivity contribution in [3.8, 4) is 0 Å². The predicted octanol–water partition coefficient (Wildman–Crippen LogP) is -0.117. The molecule has 0 bridgehead atoms. The Hall–Kier alpha value is -0.620. The molecule has 0 aliphatic heterocycles. The summed E-state index contributed by atoms with van der Waals surface area (Å²) < 4.78 is 1.75. The van der Waals surface area contributed by atoms with Gasteiger partial charge >= 0.3 is 0 Å². The van der Waals surface area contributed by atoms with Gasteiger partial charge < -0.3 is 5.73 Å². The van der Waals surface area contributed by atoms with E-state index in [1.54, 1.807) is 16.4 Å². The molecule has 1 aromatic heterocycles. The fraction of sp³-hybridized carbons (Fsp3) is 0.833. The van der Waals surface area contributed by atoms with E-state index in [9.17, 15) is 0 Å². The molecule has 0 spiro atoms. The number of nitrogens with two attached hydrogens (primary N) is 1. The summed E-state index contributed by atoms with van der Waals surface area (Å²) in [5.74, 6) is 0.746. The van der Waals surface area contributed by atoms with Crippen LogP contribution in [-0.4, -0.2) is 31.7 Å². The van der Waals surface area contributed by atoms with Crippen LogP contribution in [-0.2, 0) is 13.1 Å². The average Bonchev–Trinajstić information content (AvgIpc) is 2.51. The SMILES string of the molecule is CSC(C)Cn1nnnc1CN. The highest BCUT2D eigenvalue weighted by Gasteiger charge is 2.06. The Balaban J connectivity index is 2.61. The second kappa shape index (κ2) is 4.42. The first-order chi connectivity index (χ1) is 5.77. The zero-order chi connectivity index (χ0) is 8.97. The highest BCUT2D eigenvalue weighted by atomic mass is 32.2. The molecular formula is C6H13N5S. The Labute approximate surface area is 75.7 Å². The number of hydrogen-bond donors (Lipinski definition) is 1. The summed E-state index contributed by atoms with van der Waals surface area (Å²) in [5, 5.41) is 11.7. The van der Waals surface area contributed by atoms with Crippen LogP contribution in [0.5, 0.6) is 0 Å². The molecule has 0 aromatic carbocycles. The highest BCUT2D eigenvalue weighted by molar-refractivity contribution is 7.99. The van der Waals surface area contributed by atoms with Gasteiger partial charge in [-0.25, -0.2) is 4.68 Å². The number of rotatable bonds is 4. The van der Waals surface area contributed by atoms with Gasteiger partial charge in [-0.2, -0.15) is 11.8 Å². The van der Waals surface area contributed by atoms with Gasteiger partial charge in [0.05, 0.1) is 13.1 Å². The molecule has 1 unspecified atom stereocenters. The molecule has 2 N–H and O–H groups in total. The van der Waals surface area contributed by atoms with E-state index in [2.05, 4.69) is 28.7 Å². The van der Waals surface area contributed by atoms with Gasteiger partial charge in [0.2, 0.25) is 0 Å². The van der Waals surface area contributed by atoms with Crippen molar-refractivity contribution in [1.29, 1.82) is 0 Å². The molecule has 0 amide bonds. The summed E-state index contributed by atoms with van der Waals surface area (Å²) in [7, 11) is 0. The van der Waals surface area contributed by atoms with Crippen LogP contribution in [0, 0.1) is 0 Å². The molecule has 68 valence electrons. The van der Waals surface area contributed by atoms with Crippen LogP contribution in [0.2, 0.25) is 0 Å². The predicted molar refractivity (Wildman–Crippen MR) is 48.7 cm³/mol. The third-order valence-electron chi connectivity index (χ3n) is 1.62. The Morgan fingerprint density at radius 2 is 2.42 bits per heavy atom. The van der Waals surface area contributed by atoms with Gasteiger partial charge in [-0.3, -0.25) is 0 Å². The molecule has 0 saturated carbocycles. The molecule has 0 fully saturated rings. The van der Waals surface area contributed by atoms with Crippen LogP contribution in [0.4, 0.5) is 0 Å². The molecule has 1 aromatic rings. The van der Waals surface area contributed by atoms with E-state index in [1.807, 2.05) is 0 Å². The lowest BCUT2D eigenvalue weighted by molar-refractivity contribution is 0.564. The van der Waals surface area contributed by atoms with Crippen LogP contribution < -0.4 is 5.73 Å². The number of hydrogen-bond acceptors (Lipinski definition) is 5. The number of thioether (sulfide) groups is 1. The van der Waals surface area contributed by atoms with Crippen molar-refractivity contribution in [3.63, 3.8) is 0 Å². The number of aromatic nitrogens is 4. The van der Waals surface area contributed by atoms with Gasteiger partial charge in [0.1, 0.15) is 0 Å². The molecule has 1 rings (SSSR count). The Morgan fingerprint density at radius 1 is 1.67 bits per heavy atom. The minimum absolute atomic E-state index is 0.397. The maximum Gasteiger partial charge on any atom is 0.164 e. The van der Waals surface area contributed by atoms with E-state index in [0.717, 1.165) is 12.4 Å². The van der Waals surface area contributed by atoms with Gasteiger partial charge in [0.25, 0.3) is 0 Å². The lowest BCUT2D eigenvalue weighted by Crippen LogP contribution is -2.15. The smallest absolute Gasteiger partial charge is 0.164 e. The summed E-state index contributed by atoms with van der Waals surface area (Å²) in [6.45, 7) is 3.35. The Bertz CT molecular complexity index is 236. The second-order valence-electron chi connectivity index (χ2n) is 2.53. The zero-order valence-corrected chi connectivity index (χ0v) is 8.08. The fourth-order valence-corrected chi connectivity index (χ4v) is 1.12. The first-order valence-corrected chi connectivity index (χ1v) is 5.04. The number of tetrazole rings is 1. The molecule has 0 radical (unpaired) electrons. The largest absolute Gasteiger partial charge is 0.324 e. The summed E-state index contributed by atoms with van der Waals surface area (Å²) in [6, 6.07) is 0. The molecule has 12 heavy (non-hydrogen) atoms. The van der Waals surface area contributed by atoms with E-state index in [-0.39, 0.29) is 0 Å². The molecule has 5 nitrogen and oxygen atoms in total. The molecule has 0 saturated heterocycles. The van der Waals surface area contributed by atoms with Crippen LogP contribution in [0.1, 0.15) is 12.7 Å². The van der Waals surface area contributed by atoms with Gasteiger partial charge in [-0.15, -0.1) is 5.10 Å². The third-order valence-corrected chi connectivity index (χ3v) is 2.57. The normalized spacial score (nSPS) is 13.2. The van der Waals surface area contributed by atoms with Crippen molar-refractivity contribution in [3.05, 3.63) is 5.82 Å². The van der Waals surface area contributed by atoms with Gasteiger partial charge in [-0.1, -0.05) is 6.92 Å². The molecule has 0 aliphatic rings. The monoisotopic (exact) mass is 187 g/mol. The highest BCUT2D eigenvalue weighted by Crippen LogP contribution is 2.07. The summed E-state index contributed by atoms with van der Waals surface area (Å²) in [6.07, 6.45) is 2.07. The van der Waals surface area contributed by atoms with E-state index in [0.29, 0.717) is 11.8 Å². The van der Waals surface area contributed by atoms with Crippen molar-refractivity contribution in [2.45, 2.75) is 25.3 Å². The minimum Gasteiger partial charge on any atom is -0.324 e. The van der Waals surface area contributed by atoms with Crippen molar-refractivity contribution < 1.29 is 0 Å².